The summed E-state index contributed by atoms with van der Waals surface area (Å²) in [5.74, 6) is -2.17. The first-order valence-electron chi connectivity index (χ1n) is 16.5. The molecule has 0 aliphatic carbocycles. The summed E-state index contributed by atoms with van der Waals surface area (Å²) in [7, 11) is 0. The van der Waals surface area contributed by atoms with Gasteiger partial charge in [0.05, 0.1) is 12.5 Å². The summed E-state index contributed by atoms with van der Waals surface area (Å²) in [6.07, 6.45) is 19.2. The fourth-order valence-corrected chi connectivity index (χ4v) is 4.47. The van der Waals surface area contributed by atoms with Crippen LogP contribution in [-0.2, 0) is 30.4 Å². The Balaban J connectivity index is 0.000000900. The van der Waals surface area contributed by atoms with Crippen LogP contribution in [0.1, 0.15) is 122 Å². The van der Waals surface area contributed by atoms with Crippen LogP contribution in [0.3, 0.4) is 0 Å². The first-order valence-corrected chi connectivity index (χ1v) is 16.5. The van der Waals surface area contributed by atoms with Gasteiger partial charge in [-0.2, -0.15) is 0 Å². The zero-order chi connectivity index (χ0) is 33.7. The highest BCUT2D eigenvalue weighted by atomic mass is 16.5. The number of Topliss-reactive ketones (excluding diaryl/α,β-unsaturated/α-hetero) is 1. The number of nitrogens with one attached hydrogen (secondary N) is 1. The van der Waals surface area contributed by atoms with Gasteiger partial charge in [-0.1, -0.05) is 83.1 Å². The number of benzene rings is 1. The van der Waals surface area contributed by atoms with Crippen LogP contribution >= 0.6 is 0 Å². The first kappa shape index (κ1) is 41.3. The minimum atomic E-state index is -1.05. The van der Waals surface area contributed by atoms with E-state index in [0.29, 0.717) is 31.6 Å². The van der Waals surface area contributed by atoms with Gasteiger partial charge in [-0.15, -0.1) is 0 Å². The van der Waals surface area contributed by atoms with Gasteiger partial charge in [0.25, 0.3) is 0 Å². The molecule has 0 fully saturated rings. The lowest BCUT2D eigenvalue weighted by Gasteiger charge is -2.11. The highest BCUT2D eigenvalue weighted by Gasteiger charge is 2.18. The van der Waals surface area contributed by atoms with Gasteiger partial charge in [-0.3, -0.25) is 19.2 Å². The number of unbranched alkanes of at least 4 members (excludes halogenated alkanes) is 9. The molecule has 0 heterocycles. The zero-order valence-corrected chi connectivity index (χ0v) is 27.3. The van der Waals surface area contributed by atoms with Gasteiger partial charge < -0.3 is 26.0 Å². The van der Waals surface area contributed by atoms with Gasteiger partial charge in [-0.25, -0.2) is 4.79 Å². The number of amides is 2. The van der Waals surface area contributed by atoms with E-state index in [2.05, 4.69) is 19.2 Å². The zero-order valence-electron chi connectivity index (χ0n) is 27.3. The van der Waals surface area contributed by atoms with Crippen molar-refractivity contribution in [1.82, 2.24) is 5.32 Å². The molecule has 0 aliphatic rings. The Kier molecular flexibility index (Phi) is 25.5. The predicted molar refractivity (Wildman–Crippen MR) is 176 cm³/mol. The normalized spacial score (nSPS) is 12.0. The third-order valence-electron chi connectivity index (χ3n) is 7.22. The number of rotatable bonds is 27. The maximum absolute atomic E-state index is 11.8. The number of allylic oxidation sites excluding steroid dienone is 2. The highest BCUT2D eigenvalue weighted by molar-refractivity contribution is 5.81. The van der Waals surface area contributed by atoms with E-state index >= 15 is 0 Å². The van der Waals surface area contributed by atoms with Crippen molar-refractivity contribution in [3.63, 3.8) is 0 Å². The average Bonchev–Trinajstić information content (AvgIpc) is 3.00. The fraction of sp³-hybridized carbons (Fsp3) is 0.629. The molecular weight excluding hydrogens is 576 g/mol. The SMILES string of the molecule is CCCCCCCC(=O)CCCCCC/C=C/C[C@@H](CC(N)=O)C(=O)O.CCCCOc1ccc(C[C@H](NC=O)C(=O)O)cc1. The van der Waals surface area contributed by atoms with Gasteiger partial charge in [0.1, 0.15) is 17.6 Å². The van der Waals surface area contributed by atoms with Crippen molar-refractivity contribution in [3.8, 4) is 5.75 Å². The lowest BCUT2D eigenvalue weighted by atomic mass is 10.0. The van der Waals surface area contributed by atoms with E-state index in [1.165, 1.54) is 25.7 Å². The monoisotopic (exact) mass is 632 g/mol. The van der Waals surface area contributed by atoms with Crippen molar-refractivity contribution in [1.29, 1.82) is 0 Å². The Labute approximate surface area is 269 Å². The van der Waals surface area contributed by atoms with Crippen LogP contribution < -0.4 is 15.8 Å². The molecule has 0 spiro atoms. The maximum Gasteiger partial charge on any atom is 0.326 e. The standard InChI is InChI=1S/C21H37NO4.C14H19NO4/c1-2-3-4-8-12-15-19(23)16-13-10-7-5-6-9-11-14-18(21(25)26)17-20(22)24;1-2-3-8-19-12-6-4-11(5-7-12)9-13(14(17)18)15-10-16/h9,11,18H,2-8,10,12-17H2,1H3,(H2,22,24)(H,25,26);4-7,10,13H,2-3,8-9H2,1H3,(H,15,16)(H,17,18)/b11-9+;/t18-;13-/m00/s1. The predicted octanol–water partition coefficient (Wildman–Crippen LogP) is 6.39. The van der Waals surface area contributed by atoms with E-state index < -0.39 is 29.8 Å². The summed E-state index contributed by atoms with van der Waals surface area (Å²) in [4.78, 5) is 54.7. The van der Waals surface area contributed by atoms with Crippen molar-refractivity contribution in [2.24, 2.45) is 11.7 Å². The summed E-state index contributed by atoms with van der Waals surface area (Å²) >= 11 is 0. The molecule has 254 valence electrons. The molecule has 5 N–H and O–H groups in total. The Morgan fingerprint density at radius 1 is 0.822 bits per heavy atom. The molecule has 10 heteroatoms. The second kappa shape index (κ2) is 27.8. The quantitative estimate of drug-likeness (QED) is 0.0491. The van der Waals surface area contributed by atoms with E-state index in [1.807, 2.05) is 36.4 Å². The van der Waals surface area contributed by atoms with E-state index in [4.69, 9.17) is 20.7 Å². The van der Waals surface area contributed by atoms with Gasteiger partial charge in [0.15, 0.2) is 0 Å². The van der Waals surface area contributed by atoms with Crippen LogP contribution in [0, 0.1) is 5.92 Å². The van der Waals surface area contributed by atoms with E-state index in [1.54, 1.807) is 0 Å². The highest BCUT2D eigenvalue weighted by Crippen LogP contribution is 2.15. The van der Waals surface area contributed by atoms with E-state index in [0.717, 1.165) is 69.1 Å². The van der Waals surface area contributed by atoms with Crippen molar-refractivity contribution >= 4 is 30.0 Å². The number of carboxylic acids is 2. The molecule has 0 radical (unpaired) electrons. The van der Waals surface area contributed by atoms with Gasteiger partial charge in [-0.05, 0) is 56.2 Å². The molecule has 1 aromatic rings. The second-order valence-electron chi connectivity index (χ2n) is 11.3. The smallest absolute Gasteiger partial charge is 0.326 e. The second-order valence-corrected chi connectivity index (χ2v) is 11.3. The van der Waals surface area contributed by atoms with E-state index in [-0.39, 0.29) is 12.8 Å². The summed E-state index contributed by atoms with van der Waals surface area (Å²) in [6.45, 7) is 4.97. The lowest BCUT2D eigenvalue weighted by molar-refractivity contribution is -0.143. The maximum atomic E-state index is 11.8. The van der Waals surface area contributed by atoms with Crippen LogP contribution in [0.15, 0.2) is 36.4 Å². The molecule has 45 heavy (non-hydrogen) atoms. The molecule has 0 aliphatic heterocycles. The largest absolute Gasteiger partial charge is 0.494 e. The lowest BCUT2D eigenvalue weighted by Crippen LogP contribution is -2.37. The summed E-state index contributed by atoms with van der Waals surface area (Å²) in [5, 5.41) is 20.2. The van der Waals surface area contributed by atoms with Crippen LogP contribution in [0.5, 0.6) is 5.75 Å². The number of ether oxygens (including phenoxy) is 1. The molecule has 1 rings (SSSR count). The molecule has 0 aromatic heterocycles. The van der Waals surface area contributed by atoms with Gasteiger partial charge in [0.2, 0.25) is 12.3 Å². The summed E-state index contributed by atoms with van der Waals surface area (Å²) in [6, 6.07) is 6.34. The first-order chi connectivity index (χ1) is 21.6. The Morgan fingerprint density at radius 2 is 1.42 bits per heavy atom. The molecule has 0 bridgehead atoms. The molecular formula is C35H56N2O8. The third kappa shape index (κ3) is 24.3. The number of aliphatic carboxylic acids is 2. The molecule has 2 amide bonds. The van der Waals surface area contributed by atoms with Crippen molar-refractivity contribution < 1.29 is 38.9 Å². The van der Waals surface area contributed by atoms with Crippen molar-refractivity contribution in [2.45, 2.75) is 129 Å². The van der Waals surface area contributed by atoms with E-state index in [9.17, 15) is 24.0 Å². The van der Waals surface area contributed by atoms with Crippen molar-refractivity contribution in [3.05, 3.63) is 42.0 Å². The van der Waals surface area contributed by atoms with Gasteiger partial charge >= 0.3 is 11.9 Å². The Morgan fingerprint density at radius 3 is 1.96 bits per heavy atom. The average molecular weight is 633 g/mol. The minimum Gasteiger partial charge on any atom is -0.494 e. The number of primary amides is 1. The topological polar surface area (TPSA) is 173 Å². The Bertz CT molecular complexity index is 994. The number of hydrogen-bond donors (Lipinski definition) is 4. The molecule has 0 unspecified atom stereocenters. The minimum absolute atomic E-state index is 0.119. The number of ketones is 1. The van der Waals surface area contributed by atoms with Crippen LogP contribution in [0.2, 0.25) is 0 Å². The molecule has 0 saturated carbocycles. The van der Waals surface area contributed by atoms with Crippen LogP contribution in [0.4, 0.5) is 0 Å². The number of nitrogens with two attached hydrogens (primary N) is 1. The molecule has 1 aromatic carbocycles. The number of carbonyl (C=O) groups excluding carboxylic acids is 3. The van der Waals surface area contributed by atoms with Crippen LogP contribution in [-0.4, -0.2) is 52.9 Å². The molecule has 2 atom stereocenters. The van der Waals surface area contributed by atoms with Gasteiger partial charge in [0, 0.05) is 25.7 Å². The number of carboxylic acid groups (broad SMARTS) is 2. The van der Waals surface area contributed by atoms with Crippen LogP contribution in [0.25, 0.3) is 0 Å². The third-order valence-corrected chi connectivity index (χ3v) is 7.22. The molecule has 10 nitrogen and oxygen atoms in total. The fourth-order valence-electron chi connectivity index (χ4n) is 4.47. The number of hydrogen-bond acceptors (Lipinski definition) is 6. The summed E-state index contributed by atoms with van der Waals surface area (Å²) < 4.78 is 5.51. The Hall–Kier alpha value is -3.69. The molecule has 0 saturated heterocycles. The number of carbonyl (C=O) groups is 5. The summed E-state index contributed by atoms with van der Waals surface area (Å²) in [5.41, 5.74) is 5.88. The van der Waals surface area contributed by atoms with Crippen molar-refractivity contribution in [2.75, 3.05) is 6.61 Å².